The molecular weight excluding hydrogens is 445 g/mol. The molecule has 1 aromatic rings. The first-order valence-corrected chi connectivity index (χ1v) is 9.02. The normalized spacial score (nSPS) is 18.0. The lowest BCUT2D eigenvalue weighted by Crippen LogP contribution is -2.55. The Kier molecular flexibility index (Phi) is 7.13. The third-order valence-electron chi connectivity index (χ3n) is 4.73. The van der Waals surface area contributed by atoms with Gasteiger partial charge in [-0.2, -0.15) is 0 Å². The second-order valence-electron chi connectivity index (χ2n) is 6.91. The van der Waals surface area contributed by atoms with Crippen molar-refractivity contribution in [2.24, 2.45) is 12.0 Å². The summed E-state index contributed by atoms with van der Waals surface area (Å²) in [4.78, 5) is 27.6. The zero-order valence-corrected chi connectivity index (χ0v) is 18.4. The second kappa shape index (κ2) is 8.92. The van der Waals surface area contributed by atoms with Gasteiger partial charge in [0.2, 0.25) is 11.9 Å². The number of rotatable bonds is 5. The fourth-order valence-electron chi connectivity index (χ4n) is 3.22. The maximum absolute atomic E-state index is 12.4. The molecule has 146 valence electrons. The number of halogens is 1. The highest BCUT2D eigenvalue weighted by Gasteiger charge is 2.36. The molecule has 2 fully saturated rings. The van der Waals surface area contributed by atoms with Crippen molar-refractivity contribution >= 4 is 41.8 Å². The van der Waals surface area contributed by atoms with Crippen LogP contribution >= 0.6 is 24.0 Å². The number of imidazole rings is 1. The zero-order valence-electron chi connectivity index (χ0n) is 16.1. The predicted octanol–water partition coefficient (Wildman–Crippen LogP) is 0.876. The molecule has 1 saturated carbocycles. The van der Waals surface area contributed by atoms with Crippen LogP contribution in [0.1, 0.15) is 25.5 Å². The number of aromatic nitrogens is 2. The third-order valence-corrected chi connectivity index (χ3v) is 4.73. The van der Waals surface area contributed by atoms with E-state index in [0.29, 0.717) is 19.1 Å². The van der Waals surface area contributed by atoms with E-state index in [2.05, 4.69) is 15.2 Å². The number of amides is 1. The summed E-state index contributed by atoms with van der Waals surface area (Å²) in [6, 6.07) is 0.494. The molecule has 2 aliphatic rings. The number of hydrogen-bond acceptors (Lipinski definition) is 4. The van der Waals surface area contributed by atoms with Gasteiger partial charge in [0.05, 0.1) is 25.0 Å². The minimum absolute atomic E-state index is 0. The fourth-order valence-corrected chi connectivity index (χ4v) is 3.22. The van der Waals surface area contributed by atoms with E-state index in [1.807, 2.05) is 48.6 Å². The highest BCUT2D eigenvalue weighted by molar-refractivity contribution is 14.0. The fraction of sp³-hybridized carbons (Fsp3) is 0.706. The van der Waals surface area contributed by atoms with Crippen LogP contribution in [0.5, 0.6) is 0 Å². The van der Waals surface area contributed by atoms with E-state index in [1.165, 1.54) is 0 Å². The van der Waals surface area contributed by atoms with Crippen LogP contribution in [0.2, 0.25) is 0 Å². The lowest BCUT2D eigenvalue weighted by Gasteiger charge is -2.36. The number of carbonyl (C=O) groups excluding carboxylic acids is 1. The molecule has 0 bridgehead atoms. The van der Waals surface area contributed by atoms with Crippen LogP contribution in [0.15, 0.2) is 11.2 Å². The molecule has 1 aliphatic carbocycles. The molecule has 9 heteroatoms. The molecule has 1 amide bonds. The largest absolute Gasteiger partial charge is 0.356 e. The molecular formula is C17H30IN7O. The van der Waals surface area contributed by atoms with Crippen LogP contribution in [0.3, 0.4) is 0 Å². The Morgan fingerprint density at radius 1 is 1.38 bits per heavy atom. The summed E-state index contributed by atoms with van der Waals surface area (Å²) in [5.74, 6) is 1.93. The van der Waals surface area contributed by atoms with Crippen molar-refractivity contribution in [1.29, 1.82) is 0 Å². The average molecular weight is 475 g/mol. The number of guanidine groups is 1. The van der Waals surface area contributed by atoms with Gasteiger partial charge in [-0.1, -0.05) is 0 Å². The van der Waals surface area contributed by atoms with Crippen LogP contribution in [0, 0.1) is 0 Å². The van der Waals surface area contributed by atoms with Crippen LogP contribution in [-0.4, -0.2) is 77.5 Å². The third kappa shape index (κ3) is 4.60. The minimum atomic E-state index is 0. The van der Waals surface area contributed by atoms with Crippen molar-refractivity contribution in [2.45, 2.75) is 32.4 Å². The van der Waals surface area contributed by atoms with E-state index in [0.717, 1.165) is 50.1 Å². The van der Waals surface area contributed by atoms with Crippen molar-refractivity contribution in [3.63, 3.8) is 0 Å². The maximum Gasteiger partial charge on any atom is 0.242 e. The van der Waals surface area contributed by atoms with Crippen molar-refractivity contribution in [2.75, 3.05) is 45.2 Å². The standard InChI is InChI=1S/C17H29N7O.HI/c1-5-18-16(19-10-14-11-20-17(21(2)3)22(14)4)23-8-9-24(13-6-7-13)15(25)12-23;/h11,13H,5-10,12H2,1-4H3,(H,18,19);1H. The summed E-state index contributed by atoms with van der Waals surface area (Å²) in [6.07, 6.45) is 4.18. The molecule has 26 heavy (non-hydrogen) atoms. The van der Waals surface area contributed by atoms with Gasteiger partial charge in [0.15, 0.2) is 5.96 Å². The molecule has 0 radical (unpaired) electrons. The van der Waals surface area contributed by atoms with E-state index in [-0.39, 0.29) is 29.9 Å². The van der Waals surface area contributed by atoms with Crippen molar-refractivity contribution in [3.8, 4) is 0 Å². The molecule has 2 heterocycles. The van der Waals surface area contributed by atoms with Crippen molar-refractivity contribution in [1.82, 2.24) is 24.7 Å². The van der Waals surface area contributed by atoms with Gasteiger partial charge in [0.1, 0.15) is 0 Å². The number of nitrogens with one attached hydrogen (secondary N) is 1. The first-order valence-electron chi connectivity index (χ1n) is 9.02. The molecule has 8 nitrogen and oxygen atoms in total. The summed E-state index contributed by atoms with van der Waals surface area (Å²) >= 11 is 0. The molecule has 1 aliphatic heterocycles. The molecule has 0 atom stereocenters. The number of nitrogens with zero attached hydrogens (tertiary/aromatic N) is 6. The molecule has 3 rings (SSSR count). The monoisotopic (exact) mass is 475 g/mol. The van der Waals surface area contributed by atoms with Crippen molar-refractivity contribution in [3.05, 3.63) is 11.9 Å². The number of aliphatic imine (C=N–C) groups is 1. The molecule has 1 aromatic heterocycles. The number of hydrogen-bond donors (Lipinski definition) is 1. The Morgan fingerprint density at radius 2 is 2.12 bits per heavy atom. The molecule has 0 unspecified atom stereocenters. The number of anilines is 1. The SMILES string of the molecule is CCNC(=NCc1cnc(N(C)C)n1C)N1CCN(C2CC2)C(=O)C1.I. The van der Waals surface area contributed by atoms with Gasteiger partial charge in [0.25, 0.3) is 0 Å². The maximum atomic E-state index is 12.4. The van der Waals surface area contributed by atoms with E-state index in [4.69, 9.17) is 4.99 Å². The first kappa shape index (κ1) is 20.8. The van der Waals surface area contributed by atoms with Gasteiger partial charge in [0, 0.05) is 46.8 Å². The number of carbonyl (C=O) groups is 1. The highest BCUT2D eigenvalue weighted by atomic mass is 127. The summed E-state index contributed by atoms with van der Waals surface area (Å²) in [5.41, 5.74) is 1.04. The summed E-state index contributed by atoms with van der Waals surface area (Å²) < 4.78 is 2.04. The van der Waals surface area contributed by atoms with E-state index in [1.54, 1.807) is 0 Å². The average Bonchev–Trinajstić information content (AvgIpc) is 3.34. The Hall–Kier alpha value is -1.52. The lowest BCUT2D eigenvalue weighted by molar-refractivity contribution is -0.135. The Labute approximate surface area is 172 Å². The Balaban J connectivity index is 0.00000243. The smallest absolute Gasteiger partial charge is 0.242 e. The van der Waals surface area contributed by atoms with Gasteiger partial charge >= 0.3 is 0 Å². The topological polar surface area (TPSA) is 69.0 Å². The van der Waals surface area contributed by atoms with Gasteiger partial charge in [-0.25, -0.2) is 9.98 Å². The van der Waals surface area contributed by atoms with Crippen LogP contribution in [-0.2, 0) is 18.4 Å². The minimum Gasteiger partial charge on any atom is -0.356 e. The molecule has 1 N–H and O–H groups in total. The Morgan fingerprint density at radius 3 is 2.65 bits per heavy atom. The zero-order chi connectivity index (χ0) is 18.0. The first-order chi connectivity index (χ1) is 12.0. The highest BCUT2D eigenvalue weighted by Crippen LogP contribution is 2.28. The van der Waals surface area contributed by atoms with Gasteiger partial charge in [-0.05, 0) is 19.8 Å². The lowest BCUT2D eigenvalue weighted by atomic mass is 10.3. The summed E-state index contributed by atoms with van der Waals surface area (Å²) in [5, 5.41) is 3.32. The number of piperazine rings is 1. The Bertz CT molecular complexity index is 654. The molecule has 0 spiro atoms. The van der Waals surface area contributed by atoms with Crippen LogP contribution in [0.4, 0.5) is 5.95 Å². The van der Waals surface area contributed by atoms with Gasteiger partial charge in [-0.3, -0.25) is 4.79 Å². The van der Waals surface area contributed by atoms with Crippen molar-refractivity contribution < 1.29 is 4.79 Å². The molecule has 1 saturated heterocycles. The predicted molar refractivity (Wildman–Crippen MR) is 114 cm³/mol. The van der Waals surface area contributed by atoms with Crippen LogP contribution in [0.25, 0.3) is 0 Å². The summed E-state index contributed by atoms with van der Waals surface area (Å²) in [7, 11) is 5.95. The quantitative estimate of drug-likeness (QED) is 0.389. The summed E-state index contributed by atoms with van der Waals surface area (Å²) in [6.45, 7) is 5.41. The second-order valence-corrected chi connectivity index (χ2v) is 6.91. The van der Waals surface area contributed by atoms with Gasteiger partial charge in [-0.15, -0.1) is 24.0 Å². The van der Waals surface area contributed by atoms with Gasteiger partial charge < -0.3 is 24.6 Å². The van der Waals surface area contributed by atoms with E-state index < -0.39 is 0 Å². The van der Waals surface area contributed by atoms with Crippen LogP contribution < -0.4 is 10.2 Å². The molecule has 0 aromatic carbocycles. The van der Waals surface area contributed by atoms with E-state index >= 15 is 0 Å². The van der Waals surface area contributed by atoms with E-state index in [9.17, 15) is 4.79 Å².